The Labute approximate surface area is 239 Å². The number of carbonyl (C=O) groups excluding carboxylic acids is 3. The van der Waals surface area contributed by atoms with Crippen molar-refractivity contribution in [2.75, 3.05) is 5.75 Å². The molecule has 0 bridgehead atoms. The van der Waals surface area contributed by atoms with Crippen molar-refractivity contribution in [1.29, 1.82) is 0 Å². The fourth-order valence-corrected chi connectivity index (χ4v) is 5.30. The molecule has 0 fully saturated rings. The Morgan fingerprint density at radius 2 is 1.68 bits per heavy atom. The van der Waals surface area contributed by atoms with Crippen molar-refractivity contribution in [1.82, 2.24) is 15.5 Å². The maximum absolute atomic E-state index is 13.4. The highest BCUT2D eigenvalue weighted by molar-refractivity contribution is 8.14. The molecule has 11 heteroatoms. The van der Waals surface area contributed by atoms with Gasteiger partial charge in [-0.15, -0.1) is 0 Å². The van der Waals surface area contributed by atoms with Gasteiger partial charge in [0.05, 0.1) is 11.4 Å². The summed E-state index contributed by atoms with van der Waals surface area (Å²) in [5, 5.41) is 6.56. The molecule has 1 atom stereocenters. The van der Waals surface area contributed by atoms with Gasteiger partial charge in [0.2, 0.25) is 11.8 Å². The highest BCUT2D eigenvalue weighted by Crippen LogP contribution is 2.34. The van der Waals surface area contributed by atoms with E-state index in [1.165, 1.54) is 17.0 Å². The van der Waals surface area contributed by atoms with E-state index < -0.39 is 6.04 Å². The number of halogens is 2. The number of carbonyl (C=O) groups is 3. The average Bonchev–Trinajstić information content (AvgIpc) is 3.30. The third-order valence-electron chi connectivity index (χ3n) is 6.36. The van der Waals surface area contributed by atoms with Crippen LogP contribution in [0.3, 0.4) is 0 Å². The van der Waals surface area contributed by atoms with Crippen LogP contribution in [0.15, 0.2) is 82.8 Å². The number of aliphatic imine (C=N–C) groups is 2. The molecule has 0 saturated heterocycles. The molecule has 204 valence electrons. The number of benzene rings is 3. The lowest BCUT2D eigenvalue weighted by atomic mass is 10.1. The Hall–Kier alpha value is -4.02. The van der Waals surface area contributed by atoms with E-state index in [0.717, 1.165) is 22.9 Å². The van der Waals surface area contributed by atoms with Gasteiger partial charge < -0.3 is 10.6 Å². The van der Waals surface area contributed by atoms with E-state index in [-0.39, 0.29) is 55.2 Å². The maximum Gasteiger partial charge on any atom is 0.259 e. The predicted molar refractivity (Wildman–Crippen MR) is 154 cm³/mol. The van der Waals surface area contributed by atoms with Gasteiger partial charge in [0.25, 0.3) is 5.91 Å². The topological polar surface area (TPSA) is 103 Å². The van der Waals surface area contributed by atoms with Crippen LogP contribution in [0, 0.1) is 5.82 Å². The number of hydrogen-bond donors (Lipinski definition) is 2. The smallest absolute Gasteiger partial charge is 0.259 e. The van der Waals surface area contributed by atoms with Gasteiger partial charge in [0.1, 0.15) is 17.7 Å². The molecule has 0 aliphatic carbocycles. The van der Waals surface area contributed by atoms with Crippen molar-refractivity contribution in [2.45, 2.75) is 32.0 Å². The van der Waals surface area contributed by atoms with Crippen LogP contribution in [0.4, 0.5) is 10.1 Å². The minimum Gasteiger partial charge on any atom is -0.352 e. The number of hydrogen-bond acceptors (Lipinski definition) is 6. The average molecular weight is 578 g/mol. The number of amidine groups is 2. The van der Waals surface area contributed by atoms with Crippen molar-refractivity contribution in [3.05, 3.63) is 100 Å². The SMILES string of the molecule is O=C(CC[C@@H]1N=C2c3ccccc3N=C(SCC(=O)NCc3ccccc3Cl)N2C1=O)NCc1ccc(F)cc1. The van der Waals surface area contributed by atoms with Crippen LogP contribution in [0.2, 0.25) is 5.02 Å². The van der Waals surface area contributed by atoms with Crippen LogP contribution in [0.1, 0.15) is 29.5 Å². The number of rotatable bonds is 9. The first-order valence-corrected chi connectivity index (χ1v) is 14.0. The number of nitrogens with zero attached hydrogens (tertiary/aromatic N) is 3. The molecular weight excluding hydrogens is 553 g/mol. The highest BCUT2D eigenvalue weighted by atomic mass is 35.5. The van der Waals surface area contributed by atoms with E-state index in [2.05, 4.69) is 20.6 Å². The Kier molecular flexibility index (Phi) is 8.57. The standard InChI is InChI=1S/C29H25ClFN5O3S/c30-22-7-3-1-5-19(22)16-33-26(38)17-40-29-35-23-8-4-2-6-21(23)27-34-24(28(39)36(27)29)13-14-25(37)32-15-18-9-11-20(31)12-10-18/h1-12,24H,13-17H2,(H,32,37)(H,33,38)/t24-/m0/s1. The first-order chi connectivity index (χ1) is 19.4. The summed E-state index contributed by atoms with van der Waals surface area (Å²) in [6, 6.07) is 19.8. The summed E-state index contributed by atoms with van der Waals surface area (Å²) >= 11 is 7.32. The van der Waals surface area contributed by atoms with E-state index in [1.807, 2.05) is 42.5 Å². The van der Waals surface area contributed by atoms with E-state index >= 15 is 0 Å². The monoisotopic (exact) mass is 577 g/mol. The molecule has 2 N–H and O–H groups in total. The lowest BCUT2D eigenvalue weighted by molar-refractivity contribution is -0.125. The second kappa shape index (κ2) is 12.4. The van der Waals surface area contributed by atoms with E-state index in [4.69, 9.17) is 11.6 Å². The molecule has 2 heterocycles. The number of fused-ring (bicyclic) bond motifs is 3. The first kappa shape index (κ1) is 27.5. The quantitative estimate of drug-likeness (QED) is 0.388. The van der Waals surface area contributed by atoms with Crippen molar-refractivity contribution in [3.8, 4) is 0 Å². The molecule has 3 amide bonds. The van der Waals surface area contributed by atoms with Gasteiger partial charge in [-0.25, -0.2) is 14.3 Å². The third-order valence-corrected chi connectivity index (χ3v) is 7.67. The van der Waals surface area contributed by atoms with Crippen molar-refractivity contribution < 1.29 is 18.8 Å². The van der Waals surface area contributed by atoms with Gasteiger partial charge >= 0.3 is 0 Å². The van der Waals surface area contributed by atoms with E-state index in [1.54, 1.807) is 18.2 Å². The summed E-state index contributed by atoms with van der Waals surface area (Å²) in [6.07, 6.45) is 0.306. The van der Waals surface area contributed by atoms with E-state index in [0.29, 0.717) is 27.3 Å². The molecule has 3 aromatic carbocycles. The number of nitrogens with one attached hydrogen (secondary N) is 2. The van der Waals surface area contributed by atoms with Gasteiger partial charge in [-0.2, -0.15) is 0 Å². The molecule has 5 rings (SSSR count). The first-order valence-electron chi connectivity index (χ1n) is 12.6. The zero-order valence-corrected chi connectivity index (χ0v) is 22.8. The fraction of sp³-hybridized carbons (Fsp3) is 0.207. The minimum atomic E-state index is -0.752. The Bertz CT molecular complexity index is 1510. The van der Waals surface area contributed by atoms with Gasteiger partial charge in [-0.3, -0.25) is 19.4 Å². The van der Waals surface area contributed by atoms with Gasteiger partial charge in [-0.1, -0.05) is 65.8 Å². The van der Waals surface area contributed by atoms with Crippen LogP contribution in [0.5, 0.6) is 0 Å². The molecule has 3 aromatic rings. The molecule has 2 aliphatic rings. The van der Waals surface area contributed by atoms with Crippen LogP contribution < -0.4 is 10.6 Å². The molecule has 40 heavy (non-hydrogen) atoms. The zero-order valence-electron chi connectivity index (χ0n) is 21.3. The second-order valence-electron chi connectivity index (χ2n) is 9.15. The highest BCUT2D eigenvalue weighted by Gasteiger charge is 2.41. The molecule has 0 unspecified atom stereocenters. The summed E-state index contributed by atoms with van der Waals surface area (Å²) in [7, 11) is 0. The number of thioether (sulfide) groups is 1. The lowest BCUT2D eigenvalue weighted by Gasteiger charge is -2.25. The molecule has 0 saturated carbocycles. The molecule has 0 radical (unpaired) electrons. The summed E-state index contributed by atoms with van der Waals surface area (Å²) in [4.78, 5) is 49.2. The molecule has 0 aromatic heterocycles. The van der Waals surface area contributed by atoms with Crippen molar-refractivity contribution >= 4 is 57.8 Å². The van der Waals surface area contributed by atoms with Crippen molar-refractivity contribution in [3.63, 3.8) is 0 Å². The zero-order chi connectivity index (χ0) is 28.1. The van der Waals surface area contributed by atoms with E-state index in [9.17, 15) is 18.8 Å². The number of para-hydroxylation sites is 1. The van der Waals surface area contributed by atoms with Gasteiger partial charge in [0.15, 0.2) is 5.17 Å². The summed E-state index contributed by atoms with van der Waals surface area (Å²) in [5.74, 6) is -0.596. The summed E-state index contributed by atoms with van der Waals surface area (Å²) in [6.45, 7) is 0.548. The van der Waals surface area contributed by atoms with Crippen LogP contribution in [0.25, 0.3) is 0 Å². The maximum atomic E-state index is 13.4. The van der Waals surface area contributed by atoms with Gasteiger partial charge in [0, 0.05) is 30.1 Å². The Morgan fingerprint density at radius 3 is 2.48 bits per heavy atom. The third kappa shape index (κ3) is 6.40. The van der Waals surface area contributed by atoms with Gasteiger partial charge in [-0.05, 0) is 47.9 Å². The summed E-state index contributed by atoms with van der Waals surface area (Å²) < 4.78 is 13.1. The molecule has 2 aliphatic heterocycles. The minimum absolute atomic E-state index is 0.0406. The van der Waals surface area contributed by atoms with Crippen LogP contribution in [-0.2, 0) is 27.5 Å². The fourth-order valence-electron chi connectivity index (χ4n) is 4.26. The Balaban J connectivity index is 1.21. The predicted octanol–water partition coefficient (Wildman–Crippen LogP) is 4.58. The second-order valence-corrected chi connectivity index (χ2v) is 10.5. The molecular formula is C29H25ClFN5O3S. The lowest BCUT2D eigenvalue weighted by Crippen LogP contribution is -2.41. The largest absolute Gasteiger partial charge is 0.352 e. The normalized spacial score (nSPS) is 15.6. The number of amides is 3. The molecule has 0 spiro atoms. The van der Waals surface area contributed by atoms with Crippen LogP contribution >= 0.6 is 23.4 Å². The molecule has 8 nitrogen and oxygen atoms in total. The van der Waals surface area contributed by atoms with Crippen LogP contribution in [-0.4, -0.2) is 45.4 Å². The Morgan fingerprint density at radius 1 is 0.950 bits per heavy atom. The van der Waals surface area contributed by atoms with Crippen molar-refractivity contribution in [2.24, 2.45) is 9.98 Å². The summed E-state index contributed by atoms with van der Waals surface area (Å²) in [5.41, 5.74) is 2.95.